The highest BCUT2D eigenvalue weighted by Gasteiger charge is 2.54. The molecule has 2 saturated heterocycles. The number of fused-ring (bicyclic) bond motifs is 2. The third-order valence-corrected chi connectivity index (χ3v) is 8.16. The van der Waals surface area contributed by atoms with Crippen LogP contribution in [0.4, 0.5) is 0 Å². The Kier molecular flexibility index (Phi) is 6.70. The highest BCUT2D eigenvalue weighted by atomic mass is 16.7. The van der Waals surface area contributed by atoms with Gasteiger partial charge in [0.15, 0.2) is 12.6 Å². The maximum Gasteiger partial charge on any atom is 0.186 e. The van der Waals surface area contributed by atoms with Gasteiger partial charge in [-0.1, -0.05) is 13.8 Å². The van der Waals surface area contributed by atoms with Crippen molar-refractivity contribution >= 4 is 0 Å². The Morgan fingerprint density at radius 3 is 2.26 bits per heavy atom. The lowest BCUT2D eigenvalue weighted by atomic mass is 9.69. The van der Waals surface area contributed by atoms with Crippen molar-refractivity contribution in [1.82, 2.24) is 0 Å². The van der Waals surface area contributed by atoms with Crippen molar-refractivity contribution < 1.29 is 49.6 Å². The number of hydrogen-bond donors (Lipinski definition) is 6. The van der Waals surface area contributed by atoms with Gasteiger partial charge in [-0.2, -0.15) is 0 Å². The van der Waals surface area contributed by atoms with Crippen LogP contribution in [0.15, 0.2) is 0 Å². The summed E-state index contributed by atoms with van der Waals surface area (Å²) in [6.45, 7) is 3.60. The van der Waals surface area contributed by atoms with Crippen molar-refractivity contribution in [3.63, 3.8) is 0 Å². The fraction of sp³-hybridized carbons (Fsp3) is 1.00. The molecule has 10 heteroatoms. The first-order chi connectivity index (χ1) is 14.6. The topological polar surface area (TPSA) is 158 Å². The Morgan fingerprint density at radius 2 is 1.65 bits per heavy atom. The van der Waals surface area contributed by atoms with E-state index in [1.54, 1.807) is 0 Å². The van der Waals surface area contributed by atoms with E-state index in [4.69, 9.17) is 18.9 Å². The molecule has 0 aromatic carbocycles. The van der Waals surface area contributed by atoms with Gasteiger partial charge in [-0.05, 0) is 42.4 Å². The quantitative estimate of drug-likeness (QED) is 0.266. The molecule has 180 valence electrons. The molecule has 4 fully saturated rings. The van der Waals surface area contributed by atoms with Gasteiger partial charge in [0.25, 0.3) is 0 Å². The summed E-state index contributed by atoms with van der Waals surface area (Å²) < 4.78 is 22.2. The van der Waals surface area contributed by atoms with Crippen LogP contribution < -0.4 is 0 Å². The maximum absolute atomic E-state index is 10.4. The van der Waals surface area contributed by atoms with E-state index in [0.717, 1.165) is 0 Å². The van der Waals surface area contributed by atoms with Crippen molar-refractivity contribution in [3.8, 4) is 0 Å². The van der Waals surface area contributed by atoms with Crippen molar-refractivity contribution in [2.24, 2.45) is 23.2 Å². The molecule has 31 heavy (non-hydrogen) atoms. The average molecular weight is 449 g/mol. The highest BCUT2D eigenvalue weighted by Crippen LogP contribution is 2.59. The van der Waals surface area contributed by atoms with Crippen LogP contribution in [0.5, 0.6) is 0 Å². The molecule has 11 unspecified atom stereocenters. The molecule has 0 radical (unpaired) electrons. The van der Waals surface area contributed by atoms with Gasteiger partial charge in [0.2, 0.25) is 0 Å². The summed E-state index contributed by atoms with van der Waals surface area (Å²) in [5, 5.41) is 60.3. The average Bonchev–Trinajstić information content (AvgIpc) is 3.40. The molecule has 2 saturated carbocycles. The number of hydrogen-bond acceptors (Lipinski definition) is 10. The first-order valence-corrected chi connectivity index (χ1v) is 11.1. The Morgan fingerprint density at radius 1 is 0.935 bits per heavy atom. The fourth-order valence-electron chi connectivity index (χ4n) is 5.83. The molecule has 0 amide bonds. The largest absolute Gasteiger partial charge is 0.393 e. The molecule has 0 spiro atoms. The smallest absolute Gasteiger partial charge is 0.186 e. The highest BCUT2D eigenvalue weighted by molar-refractivity contribution is 5.02. The molecule has 0 aromatic heterocycles. The molecule has 2 heterocycles. The van der Waals surface area contributed by atoms with Gasteiger partial charge < -0.3 is 49.6 Å². The van der Waals surface area contributed by atoms with Crippen LogP contribution in [-0.4, -0.2) is 106 Å². The van der Waals surface area contributed by atoms with Gasteiger partial charge >= 0.3 is 0 Å². The van der Waals surface area contributed by atoms with Crippen molar-refractivity contribution in [3.05, 3.63) is 0 Å². The summed E-state index contributed by atoms with van der Waals surface area (Å²) in [7, 11) is 0. The molecule has 2 bridgehead atoms. The van der Waals surface area contributed by atoms with Crippen LogP contribution in [0, 0.1) is 23.2 Å². The Balaban J connectivity index is 1.33. The third kappa shape index (κ3) is 4.16. The minimum atomic E-state index is -1.83. The zero-order valence-electron chi connectivity index (χ0n) is 18.0. The molecule has 2 aliphatic heterocycles. The zero-order valence-corrected chi connectivity index (χ0v) is 18.0. The minimum absolute atomic E-state index is 0.141. The van der Waals surface area contributed by atoms with E-state index >= 15 is 0 Å². The standard InChI is InChI=1S/C21H36O10/c1-20(2)11-4-3-10(5-11)12(20)6-28-18-16(25)15(24)14(23)13(31-18)7-29-19-17(26)21(27,8-22)9-30-19/h10-19,22-27H,3-9H2,1-2H3. The predicted octanol–water partition coefficient (Wildman–Crippen LogP) is -1.66. The van der Waals surface area contributed by atoms with E-state index in [9.17, 15) is 30.6 Å². The van der Waals surface area contributed by atoms with Crippen molar-refractivity contribution in [2.45, 2.75) is 81.8 Å². The SMILES string of the molecule is CC1(C)C2CCC(C2)C1COC1OC(COC2OCC(O)(CO)C2O)C(O)C(O)C1O. The van der Waals surface area contributed by atoms with Crippen LogP contribution in [0.1, 0.15) is 33.1 Å². The second-order valence-electron chi connectivity index (χ2n) is 10.3. The molecule has 11 atom stereocenters. The van der Waals surface area contributed by atoms with E-state index in [1.165, 1.54) is 19.3 Å². The van der Waals surface area contributed by atoms with E-state index in [-0.39, 0.29) is 18.6 Å². The lowest BCUT2D eigenvalue weighted by Gasteiger charge is -2.43. The molecular weight excluding hydrogens is 412 g/mol. The number of aliphatic hydroxyl groups is 6. The molecule has 10 nitrogen and oxygen atoms in total. The molecular formula is C21H36O10. The lowest BCUT2D eigenvalue weighted by Crippen LogP contribution is -2.60. The molecule has 4 rings (SSSR count). The van der Waals surface area contributed by atoms with Crippen molar-refractivity contribution in [2.75, 3.05) is 26.4 Å². The van der Waals surface area contributed by atoms with E-state index in [1.807, 2.05) is 0 Å². The lowest BCUT2D eigenvalue weighted by molar-refractivity contribution is -0.313. The Labute approximate surface area is 181 Å². The van der Waals surface area contributed by atoms with Crippen LogP contribution in [0.2, 0.25) is 0 Å². The van der Waals surface area contributed by atoms with E-state index in [0.29, 0.717) is 24.4 Å². The second-order valence-corrected chi connectivity index (χ2v) is 10.3. The normalized spacial score (nSPS) is 51.5. The summed E-state index contributed by atoms with van der Waals surface area (Å²) >= 11 is 0. The molecule has 0 aromatic rings. The number of aliphatic hydroxyl groups excluding tert-OH is 5. The van der Waals surface area contributed by atoms with Crippen LogP contribution in [0.25, 0.3) is 0 Å². The first kappa shape index (κ1) is 23.7. The zero-order chi connectivity index (χ0) is 22.6. The van der Waals surface area contributed by atoms with Gasteiger partial charge in [0.1, 0.15) is 36.1 Å². The fourth-order valence-corrected chi connectivity index (χ4v) is 5.83. The van der Waals surface area contributed by atoms with Crippen LogP contribution in [-0.2, 0) is 18.9 Å². The predicted molar refractivity (Wildman–Crippen MR) is 104 cm³/mol. The monoisotopic (exact) mass is 448 g/mol. The van der Waals surface area contributed by atoms with Crippen LogP contribution in [0.3, 0.4) is 0 Å². The Hall–Kier alpha value is -0.400. The third-order valence-electron chi connectivity index (χ3n) is 8.16. The van der Waals surface area contributed by atoms with Crippen LogP contribution >= 0.6 is 0 Å². The first-order valence-electron chi connectivity index (χ1n) is 11.1. The molecule has 4 aliphatic rings. The maximum atomic E-state index is 10.4. The molecule has 6 N–H and O–H groups in total. The van der Waals surface area contributed by atoms with Gasteiger partial charge in [-0.15, -0.1) is 0 Å². The minimum Gasteiger partial charge on any atom is -0.393 e. The molecule has 2 aliphatic carbocycles. The van der Waals surface area contributed by atoms with Gasteiger partial charge in [-0.25, -0.2) is 0 Å². The summed E-state index contributed by atoms with van der Waals surface area (Å²) in [4.78, 5) is 0. The number of ether oxygens (including phenoxy) is 4. The van der Waals surface area contributed by atoms with Gasteiger partial charge in [-0.3, -0.25) is 0 Å². The van der Waals surface area contributed by atoms with E-state index < -0.39 is 55.3 Å². The second kappa shape index (κ2) is 8.75. The van der Waals surface area contributed by atoms with E-state index in [2.05, 4.69) is 13.8 Å². The summed E-state index contributed by atoms with van der Waals surface area (Å²) in [6.07, 6.45) is -5.64. The Bertz CT molecular complexity index is 631. The van der Waals surface area contributed by atoms with Gasteiger partial charge in [0.05, 0.1) is 26.4 Å². The van der Waals surface area contributed by atoms with Crippen molar-refractivity contribution in [1.29, 1.82) is 0 Å². The number of rotatable bonds is 7. The van der Waals surface area contributed by atoms with Gasteiger partial charge in [0, 0.05) is 0 Å². The summed E-state index contributed by atoms with van der Waals surface area (Å²) in [6, 6.07) is 0. The summed E-state index contributed by atoms with van der Waals surface area (Å²) in [5.74, 6) is 1.59. The summed E-state index contributed by atoms with van der Waals surface area (Å²) in [5.41, 5.74) is -1.69.